The molecule has 1 aliphatic carbocycles. The van der Waals surface area contributed by atoms with E-state index in [1.165, 1.54) is 22.5 Å². The smallest absolute Gasteiger partial charge is 0.229 e. The monoisotopic (exact) mass is 302 g/mol. The van der Waals surface area contributed by atoms with Crippen LogP contribution in [0.25, 0.3) is 0 Å². The van der Waals surface area contributed by atoms with Gasteiger partial charge in [-0.05, 0) is 37.3 Å². The molecule has 110 valence electrons. The van der Waals surface area contributed by atoms with Crippen molar-refractivity contribution in [2.75, 3.05) is 5.32 Å². The Labute approximate surface area is 127 Å². The molecule has 4 nitrogen and oxygen atoms in total. The van der Waals surface area contributed by atoms with E-state index in [4.69, 9.17) is 0 Å². The van der Waals surface area contributed by atoms with E-state index < -0.39 is 6.10 Å². The molecule has 2 N–H and O–H groups in total. The highest BCUT2D eigenvalue weighted by molar-refractivity contribution is 7.13. The molecule has 0 spiro atoms. The highest BCUT2D eigenvalue weighted by atomic mass is 32.1. The van der Waals surface area contributed by atoms with Crippen LogP contribution in [0.5, 0.6) is 0 Å². The van der Waals surface area contributed by atoms with Crippen LogP contribution in [0.2, 0.25) is 0 Å². The van der Waals surface area contributed by atoms with Crippen molar-refractivity contribution in [1.29, 1.82) is 0 Å². The fraction of sp³-hybridized carbons (Fsp3) is 0.375. The molecule has 0 aliphatic heterocycles. The number of carbonyl (C=O) groups excluding carboxylic acids is 1. The number of aliphatic hydroxyl groups is 1. The van der Waals surface area contributed by atoms with Crippen LogP contribution in [0.1, 0.15) is 36.3 Å². The summed E-state index contributed by atoms with van der Waals surface area (Å²) < 4.78 is 0. The Morgan fingerprint density at radius 1 is 1.43 bits per heavy atom. The van der Waals surface area contributed by atoms with Crippen LogP contribution < -0.4 is 5.32 Å². The van der Waals surface area contributed by atoms with Gasteiger partial charge in [-0.15, -0.1) is 11.3 Å². The molecule has 2 aromatic rings. The Morgan fingerprint density at radius 3 is 2.90 bits per heavy atom. The number of aromatic nitrogens is 1. The van der Waals surface area contributed by atoms with Gasteiger partial charge in [0.2, 0.25) is 5.91 Å². The van der Waals surface area contributed by atoms with E-state index in [1.807, 2.05) is 12.1 Å². The van der Waals surface area contributed by atoms with Gasteiger partial charge in [-0.1, -0.05) is 24.3 Å². The van der Waals surface area contributed by atoms with Crippen molar-refractivity contribution in [3.8, 4) is 0 Å². The Bertz CT molecular complexity index is 651. The van der Waals surface area contributed by atoms with E-state index in [0.29, 0.717) is 10.8 Å². The zero-order valence-electron chi connectivity index (χ0n) is 11.9. The fourth-order valence-corrected chi connectivity index (χ4v) is 3.46. The van der Waals surface area contributed by atoms with Gasteiger partial charge in [0.25, 0.3) is 0 Å². The second-order valence-corrected chi connectivity index (χ2v) is 6.31. The molecule has 5 heteroatoms. The normalized spacial score (nSPS) is 18.9. The molecule has 1 amide bonds. The summed E-state index contributed by atoms with van der Waals surface area (Å²) in [7, 11) is 0. The molecule has 0 saturated carbocycles. The van der Waals surface area contributed by atoms with Crippen LogP contribution in [0.3, 0.4) is 0 Å². The molecule has 2 unspecified atom stereocenters. The lowest BCUT2D eigenvalue weighted by Crippen LogP contribution is -2.28. The lowest BCUT2D eigenvalue weighted by atomic mass is 9.83. The third kappa shape index (κ3) is 3.14. The van der Waals surface area contributed by atoms with Gasteiger partial charge in [0.15, 0.2) is 5.13 Å². The summed E-state index contributed by atoms with van der Waals surface area (Å²) in [6, 6.07) is 8.31. The molecule has 2 atom stereocenters. The van der Waals surface area contributed by atoms with Crippen molar-refractivity contribution in [3.63, 3.8) is 0 Å². The Balaban J connectivity index is 1.66. The van der Waals surface area contributed by atoms with Gasteiger partial charge >= 0.3 is 0 Å². The third-order valence-corrected chi connectivity index (χ3v) is 4.67. The summed E-state index contributed by atoms with van der Waals surface area (Å²) in [5.74, 6) is 0.0230. The number of rotatable bonds is 3. The first-order valence-corrected chi connectivity index (χ1v) is 8.02. The molecule has 0 radical (unpaired) electrons. The first-order valence-electron chi connectivity index (χ1n) is 7.14. The first-order chi connectivity index (χ1) is 10.1. The maximum absolute atomic E-state index is 12.3. The van der Waals surface area contributed by atoms with E-state index in [9.17, 15) is 9.90 Å². The SMILES string of the molecule is CC(O)c1csc(NC(=O)C2CCc3ccccc3C2)n1. The summed E-state index contributed by atoms with van der Waals surface area (Å²) in [6.07, 6.45) is 2.01. The largest absolute Gasteiger partial charge is 0.387 e. The number of nitrogens with one attached hydrogen (secondary N) is 1. The lowest BCUT2D eigenvalue weighted by molar-refractivity contribution is -0.120. The van der Waals surface area contributed by atoms with Crippen molar-refractivity contribution in [1.82, 2.24) is 4.98 Å². The number of anilines is 1. The summed E-state index contributed by atoms with van der Waals surface area (Å²) >= 11 is 1.35. The number of aliphatic hydroxyl groups excluding tert-OH is 1. The maximum atomic E-state index is 12.3. The van der Waals surface area contributed by atoms with Crippen molar-refractivity contribution in [2.24, 2.45) is 5.92 Å². The molecule has 21 heavy (non-hydrogen) atoms. The van der Waals surface area contributed by atoms with Gasteiger partial charge < -0.3 is 10.4 Å². The quantitative estimate of drug-likeness (QED) is 0.916. The second-order valence-electron chi connectivity index (χ2n) is 5.45. The fourth-order valence-electron chi connectivity index (χ4n) is 2.66. The van der Waals surface area contributed by atoms with Gasteiger partial charge in [-0.3, -0.25) is 4.79 Å². The molecule has 1 heterocycles. The standard InChI is InChI=1S/C16H18N2O2S/c1-10(19)14-9-21-16(17-14)18-15(20)13-7-6-11-4-2-3-5-12(11)8-13/h2-5,9-10,13,19H,6-8H2,1H3,(H,17,18,20). The van der Waals surface area contributed by atoms with E-state index >= 15 is 0 Å². The molecular weight excluding hydrogens is 284 g/mol. The van der Waals surface area contributed by atoms with Gasteiger partial charge in [0.1, 0.15) is 0 Å². The lowest BCUT2D eigenvalue weighted by Gasteiger charge is -2.23. The Morgan fingerprint density at radius 2 is 2.19 bits per heavy atom. The number of carbonyl (C=O) groups is 1. The number of hydrogen-bond donors (Lipinski definition) is 2. The zero-order chi connectivity index (χ0) is 14.8. The number of amides is 1. The average molecular weight is 302 g/mol. The third-order valence-electron chi connectivity index (χ3n) is 3.90. The predicted octanol–water partition coefficient (Wildman–Crippen LogP) is 2.94. The number of fused-ring (bicyclic) bond motifs is 1. The minimum absolute atomic E-state index is 0.00111. The summed E-state index contributed by atoms with van der Waals surface area (Å²) in [5, 5.41) is 14.7. The summed E-state index contributed by atoms with van der Waals surface area (Å²) in [6.45, 7) is 1.67. The molecule has 0 fully saturated rings. The molecule has 1 aliphatic rings. The summed E-state index contributed by atoms with van der Waals surface area (Å²) in [5.41, 5.74) is 3.23. The van der Waals surface area contributed by atoms with Gasteiger partial charge in [-0.2, -0.15) is 0 Å². The number of aryl methyl sites for hydroxylation is 1. The van der Waals surface area contributed by atoms with Crippen LogP contribution in [0.4, 0.5) is 5.13 Å². The van der Waals surface area contributed by atoms with Gasteiger partial charge in [-0.25, -0.2) is 4.98 Å². The molecular formula is C16H18N2O2S. The van der Waals surface area contributed by atoms with Crippen molar-refractivity contribution in [2.45, 2.75) is 32.3 Å². The minimum Gasteiger partial charge on any atom is -0.387 e. The number of hydrogen-bond acceptors (Lipinski definition) is 4. The average Bonchev–Trinajstić information content (AvgIpc) is 2.95. The minimum atomic E-state index is -0.603. The van der Waals surface area contributed by atoms with Crippen molar-refractivity contribution in [3.05, 3.63) is 46.5 Å². The van der Waals surface area contributed by atoms with E-state index in [0.717, 1.165) is 19.3 Å². The molecule has 0 saturated heterocycles. The van der Waals surface area contributed by atoms with Gasteiger partial charge in [0.05, 0.1) is 11.8 Å². The van der Waals surface area contributed by atoms with Crippen LogP contribution in [-0.2, 0) is 17.6 Å². The van der Waals surface area contributed by atoms with E-state index in [1.54, 1.807) is 12.3 Å². The molecule has 1 aromatic carbocycles. The van der Waals surface area contributed by atoms with Gasteiger partial charge in [0, 0.05) is 11.3 Å². The van der Waals surface area contributed by atoms with Crippen LogP contribution >= 0.6 is 11.3 Å². The Kier molecular flexibility index (Phi) is 4.03. The zero-order valence-corrected chi connectivity index (χ0v) is 12.7. The van der Waals surface area contributed by atoms with Crippen molar-refractivity contribution >= 4 is 22.4 Å². The number of thiazole rings is 1. The van der Waals surface area contributed by atoms with Crippen LogP contribution in [-0.4, -0.2) is 16.0 Å². The first kappa shape index (κ1) is 14.2. The maximum Gasteiger partial charge on any atom is 0.229 e. The van der Waals surface area contributed by atoms with Crippen LogP contribution in [0.15, 0.2) is 29.6 Å². The highest BCUT2D eigenvalue weighted by Gasteiger charge is 2.25. The predicted molar refractivity (Wildman–Crippen MR) is 83.3 cm³/mol. The summed E-state index contributed by atoms with van der Waals surface area (Å²) in [4.78, 5) is 16.6. The van der Waals surface area contributed by atoms with Crippen molar-refractivity contribution < 1.29 is 9.90 Å². The topological polar surface area (TPSA) is 62.2 Å². The number of benzene rings is 1. The number of nitrogens with zero attached hydrogens (tertiary/aromatic N) is 1. The van der Waals surface area contributed by atoms with Crippen LogP contribution in [0, 0.1) is 5.92 Å². The molecule has 0 bridgehead atoms. The van der Waals surface area contributed by atoms with E-state index in [2.05, 4.69) is 22.4 Å². The Hall–Kier alpha value is -1.72. The second kappa shape index (κ2) is 5.95. The molecule has 3 rings (SSSR count). The van der Waals surface area contributed by atoms with E-state index in [-0.39, 0.29) is 11.8 Å². The highest BCUT2D eigenvalue weighted by Crippen LogP contribution is 2.27. The molecule has 1 aromatic heterocycles.